The summed E-state index contributed by atoms with van der Waals surface area (Å²) in [6.45, 7) is 3.32. The number of imidazole rings is 1. The fourth-order valence-corrected chi connectivity index (χ4v) is 5.53. The molecule has 2 heterocycles. The predicted molar refractivity (Wildman–Crippen MR) is 104 cm³/mol. The van der Waals surface area contributed by atoms with Gasteiger partial charge in [0.25, 0.3) is 10.0 Å². The van der Waals surface area contributed by atoms with E-state index in [4.69, 9.17) is 0 Å². The number of hydrogen-bond donors (Lipinski definition) is 1. The molecule has 1 aromatic heterocycles. The smallest absolute Gasteiger partial charge is 0.262 e. The van der Waals surface area contributed by atoms with Crippen LogP contribution >= 0.6 is 0 Å². The number of nitrogens with zero attached hydrogens (tertiary/aromatic N) is 3. The number of carbonyl (C=O) groups is 1. The van der Waals surface area contributed by atoms with Crippen LogP contribution in [0, 0.1) is 5.92 Å². The minimum atomic E-state index is -3.64. The maximum absolute atomic E-state index is 12.9. The van der Waals surface area contributed by atoms with Crippen molar-refractivity contribution < 1.29 is 13.2 Å². The molecule has 0 aromatic carbocycles. The van der Waals surface area contributed by atoms with E-state index in [0.717, 1.165) is 32.1 Å². The highest BCUT2D eigenvalue weighted by atomic mass is 32.2. The first-order valence-corrected chi connectivity index (χ1v) is 11.8. The quantitative estimate of drug-likeness (QED) is 0.829. The lowest BCUT2D eigenvalue weighted by molar-refractivity contribution is -0.126. The normalized spacial score (nSPS) is 23.5. The zero-order valence-corrected chi connectivity index (χ0v) is 17.1. The van der Waals surface area contributed by atoms with Gasteiger partial charge in [-0.05, 0) is 32.6 Å². The molecule has 1 aromatic rings. The van der Waals surface area contributed by atoms with E-state index in [1.54, 1.807) is 10.8 Å². The SMILES string of the molecule is CCn1cnc(S(=O)(=O)N2CCCC(C(=O)NC3CCCCCCC3)C2)c1. The molecule has 0 radical (unpaired) electrons. The minimum absolute atomic E-state index is 0.0135. The van der Waals surface area contributed by atoms with Crippen LogP contribution in [0.25, 0.3) is 0 Å². The molecule has 1 aliphatic carbocycles. The topological polar surface area (TPSA) is 84.3 Å². The summed E-state index contributed by atoms with van der Waals surface area (Å²) in [5, 5.41) is 3.28. The number of rotatable bonds is 5. The Morgan fingerprint density at radius 3 is 2.52 bits per heavy atom. The molecule has 7 nitrogen and oxygen atoms in total. The molecule has 3 rings (SSSR count). The number of nitrogens with one attached hydrogen (secondary N) is 1. The third kappa shape index (κ3) is 5.10. The Kier molecular flexibility index (Phi) is 6.92. The number of sulfonamides is 1. The van der Waals surface area contributed by atoms with Gasteiger partial charge in [-0.15, -0.1) is 0 Å². The van der Waals surface area contributed by atoms with Crippen molar-refractivity contribution >= 4 is 15.9 Å². The van der Waals surface area contributed by atoms with Crippen molar-refractivity contribution in [2.75, 3.05) is 13.1 Å². The van der Waals surface area contributed by atoms with Gasteiger partial charge < -0.3 is 9.88 Å². The minimum Gasteiger partial charge on any atom is -0.353 e. The molecule has 1 amide bonds. The van der Waals surface area contributed by atoms with E-state index >= 15 is 0 Å². The summed E-state index contributed by atoms with van der Waals surface area (Å²) >= 11 is 0. The number of aryl methyl sites for hydroxylation is 1. The van der Waals surface area contributed by atoms with Gasteiger partial charge in [0.2, 0.25) is 5.91 Å². The lowest BCUT2D eigenvalue weighted by Crippen LogP contribution is -2.47. The number of aromatic nitrogens is 2. The van der Waals surface area contributed by atoms with Crippen molar-refractivity contribution in [2.45, 2.75) is 82.3 Å². The fourth-order valence-electron chi connectivity index (χ4n) is 4.07. The van der Waals surface area contributed by atoms with Crippen molar-refractivity contribution in [3.05, 3.63) is 12.5 Å². The van der Waals surface area contributed by atoms with Gasteiger partial charge in [0, 0.05) is 31.9 Å². The molecule has 1 unspecified atom stereocenters. The van der Waals surface area contributed by atoms with Crippen LogP contribution < -0.4 is 5.32 Å². The first-order valence-electron chi connectivity index (χ1n) is 10.3. The summed E-state index contributed by atoms with van der Waals surface area (Å²) < 4.78 is 28.9. The van der Waals surface area contributed by atoms with E-state index in [0.29, 0.717) is 19.5 Å². The van der Waals surface area contributed by atoms with E-state index < -0.39 is 10.0 Å². The number of carbonyl (C=O) groups excluding carboxylic acids is 1. The summed E-state index contributed by atoms with van der Waals surface area (Å²) in [6.07, 6.45) is 12.7. The Hall–Kier alpha value is -1.41. The molecule has 0 bridgehead atoms. The molecule has 0 spiro atoms. The highest BCUT2D eigenvalue weighted by Crippen LogP contribution is 2.24. The summed E-state index contributed by atoms with van der Waals surface area (Å²) in [5.41, 5.74) is 0. The maximum atomic E-state index is 12.9. The molecule has 1 saturated heterocycles. The van der Waals surface area contributed by atoms with Crippen molar-refractivity contribution in [2.24, 2.45) is 5.92 Å². The predicted octanol–water partition coefficient (Wildman–Crippen LogP) is 2.53. The van der Waals surface area contributed by atoms with Crippen LogP contribution in [0.3, 0.4) is 0 Å². The van der Waals surface area contributed by atoms with Crippen molar-refractivity contribution in [1.29, 1.82) is 0 Å². The number of piperidine rings is 1. The van der Waals surface area contributed by atoms with Crippen LogP contribution in [0.2, 0.25) is 0 Å². The summed E-state index contributed by atoms with van der Waals surface area (Å²) in [5.74, 6) is -0.258. The van der Waals surface area contributed by atoms with Gasteiger partial charge in [-0.2, -0.15) is 4.31 Å². The summed E-state index contributed by atoms with van der Waals surface area (Å²) in [7, 11) is -3.64. The number of amides is 1. The van der Waals surface area contributed by atoms with E-state index in [1.165, 1.54) is 29.9 Å². The Morgan fingerprint density at radius 1 is 1.15 bits per heavy atom. The van der Waals surface area contributed by atoms with E-state index in [-0.39, 0.29) is 29.4 Å². The molecule has 8 heteroatoms. The van der Waals surface area contributed by atoms with Crippen LogP contribution in [0.5, 0.6) is 0 Å². The van der Waals surface area contributed by atoms with Crippen LogP contribution in [0.4, 0.5) is 0 Å². The van der Waals surface area contributed by atoms with Crippen molar-refractivity contribution in [3.8, 4) is 0 Å². The van der Waals surface area contributed by atoms with Crippen LogP contribution in [0.1, 0.15) is 64.7 Å². The fraction of sp³-hybridized carbons (Fsp3) is 0.789. The second kappa shape index (κ2) is 9.19. The lowest BCUT2D eigenvalue weighted by Gasteiger charge is -2.32. The maximum Gasteiger partial charge on any atom is 0.262 e. The zero-order chi connectivity index (χ0) is 19.3. The molecule has 152 valence electrons. The first-order chi connectivity index (χ1) is 13.0. The van der Waals surface area contributed by atoms with Crippen LogP contribution in [-0.2, 0) is 21.4 Å². The van der Waals surface area contributed by atoms with E-state index in [9.17, 15) is 13.2 Å². The first kappa shape index (κ1) is 20.3. The molecular weight excluding hydrogens is 364 g/mol. The summed E-state index contributed by atoms with van der Waals surface area (Å²) in [4.78, 5) is 16.8. The average molecular weight is 397 g/mol. The largest absolute Gasteiger partial charge is 0.353 e. The molecule has 1 N–H and O–H groups in total. The van der Waals surface area contributed by atoms with Gasteiger partial charge >= 0.3 is 0 Å². The molecular formula is C19H32N4O3S. The van der Waals surface area contributed by atoms with Crippen molar-refractivity contribution in [1.82, 2.24) is 19.2 Å². The van der Waals surface area contributed by atoms with Gasteiger partial charge in [-0.3, -0.25) is 4.79 Å². The summed E-state index contributed by atoms with van der Waals surface area (Å²) in [6, 6.07) is 0.241. The third-order valence-corrected chi connectivity index (χ3v) is 7.54. The molecule has 1 atom stereocenters. The molecule has 1 saturated carbocycles. The highest BCUT2D eigenvalue weighted by Gasteiger charge is 2.35. The Balaban J connectivity index is 1.61. The molecule has 1 aliphatic heterocycles. The van der Waals surface area contributed by atoms with Gasteiger partial charge in [0.05, 0.1) is 12.2 Å². The van der Waals surface area contributed by atoms with E-state index in [2.05, 4.69) is 10.3 Å². The third-order valence-electron chi connectivity index (χ3n) is 5.79. The van der Waals surface area contributed by atoms with Crippen LogP contribution in [0.15, 0.2) is 17.6 Å². The monoisotopic (exact) mass is 396 g/mol. The molecule has 27 heavy (non-hydrogen) atoms. The van der Waals surface area contributed by atoms with Crippen LogP contribution in [-0.4, -0.2) is 47.3 Å². The second-order valence-electron chi connectivity index (χ2n) is 7.80. The van der Waals surface area contributed by atoms with Crippen molar-refractivity contribution in [3.63, 3.8) is 0 Å². The Morgan fingerprint density at radius 2 is 1.85 bits per heavy atom. The molecule has 2 fully saturated rings. The van der Waals surface area contributed by atoms with Gasteiger partial charge in [0.1, 0.15) is 0 Å². The van der Waals surface area contributed by atoms with Gasteiger partial charge in [0.15, 0.2) is 5.03 Å². The Bertz CT molecular complexity index is 723. The Labute approximate surface area is 162 Å². The molecule has 2 aliphatic rings. The average Bonchev–Trinajstić information content (AvgIpc) is 3.14. The second-order valence-corrected chi connectivity index (χ2v) is 9.68. The number of hydrogen-bond acceptors (Lipinski definition) is 4. The van der Waals surface area contributed by atoms with E-state index in [1.807, 2.05) is 6.92 Å². The lowest BCUT2D eigenvalue weighted by atomic mass is 9.94. The van der Waals surface area contributed by atoms with Gasteiger partial charge in [-0.25, -0.2) is 13.4 Å². The zero-order valence-electron chi connectivity index (χ0n) is 16.3. The standard InChI is InChI=1S/C19H32N4O3S/c1-2-22-14-18(20-15-22)27(25,26)23-12-8-9-16(13-23)19(24)21-17-10-6-4-3-5-7-11-17/h14-17H,2-13H2,1H3,(H,21,24). The highest BCUT2D eigenvalue weighted by molar-refractivity contribution is 7.89. The van der Waals surface area contributed by atoms with Gasteiger partial charge in [-0.1, -0.05) is 32.1 Å².